The molecule has 102 valence electrons. The van der Waals surface area contributed by atoms with E-state index in [1.54, 1.807) is 12.5 Å². The van der Waals surface area contributed by atoms with Crippen LogP contribution in [0.25, 0.3) is 0 Å². The Hall–Kier alpha value is -2.51. The van der Waals surface area contributed by atoms with E-state index in [1.165, 1.54) is 11.6 Å². The average Bonchev–Trinajstić information content (AvgIpc) is 2.88. The lowest BCUT2D eigenvalue weighted by molar-refractivity contribution is 0.660. The van der Waals surface area contributed by atoms with Crippen LogP contribution in [0, 0.1) is 0 Å². The number of imidazole rings is 1. The van der Waals surface area contributed by atoms with Crippen molar-refractivity contribution in [3.05, 3.63) is 39.6 Å². The minimum Gasteiger partial charge on any atom is -0.383 e. The fourth-order valence-corrected chi connectivity index (χ4v) is 1.70. The first kappa shape index (κ1) is 12.9. The van der Waals surface area contributed by atoms with E-state index >= 15 is 0 Å². The maximum absolute atomic E-state index is 11.6. The largest absolute Gasteiger partial charge is 0.383 e. The molecule has 0 amide bonds. The Labute approximate surface area is 108 Å². The maximum Gasteiger partial charge on any atom is 0.329 e. The number of aromatic amines is 1. The van der Waals surface area contributed by atoms with Gasteiger partial charge in [-0.3, -0.25) is 14.3 Å². The number of nitrogen functional groups attached to an aromatic ring is 1. The van der Waals surface area contributed by atoms with Crippen molar-refractivity contribution in [3.8, 4) is 0 Å². The summed E-state index contributed by atoms with van der Waals surface area (Å²) in [4.78, 5) is 29.0. The quantitative estimate of drug-likeness (QED) is 0.622. The Balaban J connectivity index is 1.98. The number of hydrogen-bond donors (Lipinski definition) is 3. The molecule has 0 unspecified atom stereocenters. The number of nitrogens with zero attached hydrogens (tertiary/aromatic N) is 3. The van der Waals surface area contributed by atoms with Gasteiger partial charge in [0.25, 0.3) is 5.56 Å². The molecule has 0 aromatic carbocycles. The third-order valence-electron chi connectivity index (χ3n) is 2.82. The minimum absolute atomic E-state index is 0.136. The zero-order chi connectivity index (χ0) is 13.8. The molecular formula is C11H16N6O2. The van der Waals surface area contributed by atoms with E-state index in [2.05, 4.69) is 15.3 Å². The van der Waals surface area contributed by atoms with Crippen molar-refractivity contribution in [1.29, 1.82) is 0 Å². The van der Waals surface area contributed by atoms with Crippen LogP contribution in [0.1, 0.15) is 6.42 Å². The van der Waals surface area contributed by atoms with Gasteiger partial charge in [-0.25, -0.2) is 9.78 Å². The van der Waals surface area contributed by atoms with Crippen LogP contribution < -0.4 is 22.3 Å². The first-order chi connectivity index (χ1) is 9.09. The molecule has 2 aromatic rings. The van der Waals surface area contributed by atoms with Crippen LogP contribution in [-0.2, 0) is 13.6 Å². The molecule has 2 rings (SSSR count). The Morgan fingerprint density at radius 2 is 2.26 bits per heavy atom. The molecule has 0 aliphatic heterocycles. The Bertz CT molecular complexity index is 655. The molecule has 0 spiro atoms. The van der Waals surface area contributed by atoms with Gasteiger partial charge in [-0.15, -0.1) is 0 Å². The molecule has 0 saturated carbocycles. The van der Waals surface area contributed by atoms with Crippen LogP contribution in [0.15, 0.2) is 28.3 Å². The van der Waals surface area contributed by atoms with Crippen LogP contribution in [0.5, 0.6) is 0 Å². The fourth-order valence-electron chi connectivity index (χ4n) is 1.70. The normalized spacial score (nSPS) is 10.6. The highest BCUT2D eigenvalue weighted by molar-refractivity contribution is 5.60. The predicted molar refractivity (Wildman–Crippen MR) is 72.0 cm³/mol. The monoisotopic (exact) mass is 264 g/mol. The third-order valence-corrected chi connectivity index (χ3v) is 2.82. The van der Waals surface area contributed by atoms with Gasteiger partial charge in [-0.2, -0.15) is 0 Å². The van der Waals surface area contributed by atoms with Crippen molar-refractivity contribution < 1.29 is 0 Å². The molecule has 19 heavy (non-hydrogen) atoms. The molecule has 4 N–H and O–H groups in total. The zero-order valence-corrected chi connectivity index (χ0v) is 10.6. The molecule has 0 radical (unpaired) electrons. The van der Waals surface area contributed by atoms with E-state index in [0.717, 1.165) is 13.0 Å². The molecule has 8 heteroatoms. The van der Waals surface area contributed by atoms with E-state index in [9.17, 15) is 9.59 Å². The second-order valence-corrected chi connectivity index (χ2v) is 4.16. The van der Waals surface area contributed by atoms with Gasteiger partial charge in [0.15, 0.2) is 0 Å². The van der Waals surface area contributed by atoms with Crippen molar-refractivity contribution in [2.75, 3.05) is 17.6 Å². The summed E-state index contributed by atoms with van der Waals surface area (Å²) >= 11 is 0. The number of aryl methyl sites for hydroxylation is 1. The lowest BCUT2D eigenvalue weighted by atomic mass is 10.3. The number of nitrogens with two attached hydrogens (primary N) is 1. The summed E-state index contributed by atoms with van der Waals surface area (Å²) < 4.78 is 3.13. The summed E-state index contributed by atoms with van der Waals surface area (Å²) in [5, 5.41) is 2.95. The van der Waals surface area contributed by atoms with E-state index in [0.29, 0.717) is 6.54 Å². The number of H-pyrrole nitrogens is 1. The molecule has 0 aliphatic carbocycles. The Kier molecular flexibility index (Phi) is 3.69. The highest BCUT2D eigenvalue weighted by Gasteiger charge is 2.08. The molecule has 0 atom stereocenters. The molecule has 0 bridgehead atoms. The lowest BCUT2D eigenvalue weighted by Gasteiger charge is -2.10. The lowest BCUT2D eigenvalue weighted by Crippen LogP contribution is -2.32. The molecule has 0 saturated heterocycles. The summed E-state index contributed by atoms with van der Waals surface area (Å²) in [5.41, 5.74) is 4.94. The van der Waals surface area contributed by atoms with E-state index < -0.39 is 11.2 Å². The summed E-state index contributed by atoms with van der Waals surface area (Å²) in [6.07, 6.45) is 6.11. The van der Waals surface area contributed by atoms with Gasteiger partial charge in [-0.1, -0.05) is 0 Å². The predicted octanol–water partition coefficient (Wildman–Crippen LogP) is -0.646. The molecule has 0 aliphatic rings. The fraction of sp³-hybridized carbons (Fsp3) is 0.364. The molecule has 0 fully saturated rings. The van der Waals surface area contributed by atoms with Crippen molar-refractivity contribution in [2.45, 2.75) is 13.0 Å². The SMILES string of the molecule is Cn1c(N)c(NCCCn2ccnc2)c(=O)[nH]c1=O. The van der Waals surface area contributed by atoms with Crippen LogP contribution in [0.4, 0.5) is 11.5 Å². The van der Waals surface area contributed by atoms with Crippen LogP contribution >= 0.6 is 0 Å². The van der Waals surface area contributed by atoms with E-state index in [4.69, 9.17) is 5.73 Å². The van der Waals surface area contributed by atoms with Crippen molar-refractivity contribution in [2.24, 2.45) is 7.05 Å². The van der Waals surface area contributed by atoms with Crippen LogP contribution in [0.2, 0.25) is 0 Å². The van der Waals surface area contributed by atoms with Gasteiger partial charge in [0.2, 0.25) is 0 Å². The first-order valence-electron chi connectivity index (χ1n) is 5.88. The van der Waals surface area contributed by atoms with Crippen LogP contribution in [0.3, 0.4) is 0 Å². The van der Waals surface area contributed by atoms with Gasteiger partial charge >= 0.3 is 5.69 Å². The molecule has 2 heterocycles. The minimum atomic E-state index is -0.522. The summed E-state index contributed by atoms with van der Waals surface area (Å²) in [5.74, 6) is 0.136. The van der Waals surface area contributed by atoms with Gasteiger partial charge in [0.05, 0.1) is 6.33 Å². The first-order valence-corrected chi connectivity index (χ1v) is 5.88. The van der Waals surface area contributed by atoms with E-state index in [1.807, 2.05) is 10.8 Å². The number of hydrogen-bond acceptors (Lipinski definition) is 5. The topological polar surface area (TPSA) is 111 Å². The number of nitrogens with one attached hydrogen (secondary N) is 2. The van der Waals surface area contributed by atoms with Gasteiger partial charge < -0.3 is 15.6 Å². The van der Waals surface area contributed by atoms with Gasteiger partial charge in [0, 0.05) is 32.5 Å². The molecule has 2 aromatic heterocycles. The second-order valence-electron chi connectivity index (χ2n) is 4.16. The average molecular weight is 264 g/mol. The zero-order valence-electron chi connectivity index (χ0n) is 10.6. The van der Waals surface area contributed by atoms with Gasteiger partial charge in [-0.05, 0) is 6.42 Å². The van der Waals surface area contributed by atoms with Crippen molar-refractivity contribution in [1.82, 2.24) is 19.1 Å². The van der Waals surface area contributed by atoms with Gasteiger partial charge in [0.1, 0.15) is 11.5 Å². The number of anilines is 2. The summed E-state index contributed by atoms with van der Waals surface area (Å²) in [7, 11) is 1.50. The maximum atomic E-state index is 11.6. The summed E-state index contributed by atoms with van der Waals surface area (Å²) in [6, 6.07) is 0. The van der Waals surface area contributed by atoms with Crippen molar-refractivity contribution >= 4 is 11.5 Å². The Morgan fingerprint density at radius 3 is 2.95 bits per heavy atom. The van der Waals surface area contributed by atoms with Crippen LogP contribution in [-0.4, -0.2) is 25.6 Å². The highest BCUT2D eigenvalue weighted by Crippen LogP contribution is 2.08. The van der Waals surface area contributed by atoms with Crippen molar-refractivity contribution in [3.63, 3.8) is 0 Å². The Morgan fingerprint density at radius 1 is 1.47 bits per heavy atom. The van der Waals surface area contributed by atoms with E-state index in [-0.39, 0.29) is 11.5 Å². The second kappa shape index (κ2) is 5.42. The third kappa shape index (κ3) is 2.84. The smallest absolute Gasteiger partial charge is 0.329 e. The molecule has 8 nitrogen and oxygen atoms in total. The standard InChI is InChI=1S/C11H16N6O2/c1-16-9(12)8(10(18)15-11(16)19)14-3-2-5-17-6-4-13-7-17/h4,6-7,14H,2-3,5,12H2,1H3,(H,15,18,19). The highest BCUT2D eigenvalue weighted by atomic mass is 16.2. The number of rotatable bonds is 5. The summed E-state index contributed by atoms with van der Waals surface area (Å²) in [6.45, 7) is 1.36. The number of aromatic nitrogens is 4. The molecular weight excluding hydrogens is 248 g/mol.